The fourth-order valence-electron chi connectivity index (χ4n) is 3.05. The topological polar surface area (TPSA) is 58.7 Å². The summed E-state index contributed by atoms with van der Waals surface area (Å²) in [5.41, 5.74) is 5.64. The summed E-state index contributed by atoms with van der Waals surface area (Å²) in [6.45, 7) is 7.81. The molecule has 0 aromatic rings. The van der Waals surface area contributed by atoms with E-state index in [-0.39, 0.29) is 17.2 Å². The van der Waals surface area contributed by atoms with Crippen LogP contribution in [0.25, 0.3) is 0 Å². The van der Waals surface area contributed by atoms with E-state index in [1.807, 2.05) is 0 Å². The predicted octanol–water partition coefficient (Wildman–Crippen LogP) is 0.730. The summed E-state index contributed by atoms with van der Waals surface area (Å²) >= 11 is 0. The molecule has 4 nitrogen and oxygen atoms in total. The molecule has 2 fully saturated rings. The van der Waals surface area contributed by atoms with Crippen LogP contribution in [-0.2, 0) is 4.74 Å². The van der Waals surface area contributed by atoms with E-state index in [9.17, 15) is 5.11 Å². The second kappa shape index (κ2) is 4.84. The van der Waals surface area contributed by atoms with Crippen LogP contribution >= 0.6 is 0 Å². The van der Waals surface area contributed by atoms with Gasteiger partial charge in [0.15, 0.2) is 0 Å². The summed E-state index contributed by atoms with van der Waals surface area (Å²) in [7, 11) is 0. The highest BCUT2D eigenvalue weighted by atomic mass is 16.5. The van der Waals surface area contributed by atoms with Crippen molar-refractivity contribution in [3.63, 3.8) is 0 Å². The Hall–Kier alpha value is -0.160. The van der Waals surface area contributed by atoms with Crippen molar-refractivity contribution >= 4 is 0 Å². The molecule has 2 rings (SSSR count). The van der Waals surface area contributed by atoms with Crippen molar-refractivity contribution in [3.8, 4) is 0 Å². The van der Waals surface area contributed by atoms with Gasteiger partial charge in [0.2, 0.25) is 0 Å². The Balaban J connectivity index is 1.88. The van der Waals surface area contributed by atoms with Crippen LogP contribution in [0.5, 0.6) is 0 Å². The summed E-state index contributed by atoms with van der Waals surface area (Å²) in [6, 6.07) is 0. The first kappa shape index (κ1) is 13.3. The van der Waals surface area contributed by atoms with Gasteiger partial charge >= 0.3 is 0 Å². The Morgan fingerprint density at radius 3 is 2.59 bits per heavy atom. The van der Waals surface area contributed by atoms with E-state index in [4.69, 9.17) is 10.5 Å². The molecule has 2 aliphatic heterocycles. The predicted molar refractivity (Wildman–Crippen MR) is 67.9 cm³/mol. The Bertz CT molecular complexity index is 255. The highest BCUT2D eigenvalue weighted by Crippen LogP contribution is 2.35. The summed E-state index contributed by atoms with van der Waals surface area (Å²) in [5, 5.41) is 10.1. The number of likely N-dealkylation sites (tertiary alicyclic amines) is 1. The third-order valence-corrected chi connectivity index (χ3v) is 3.95. The monoisotopic (exact) mass is 242 g/mol. The Labute approximate surface area is 104 Å². The fourth-order valence-corrected chi connectivity index (χ4v) is 3.05. The second-order valence-electron chi connectivity index (χ2n) is 6.34. The van der Waals surface area contributed by atoms with E-state index >= 15 is 0 Å². The molecule has 1 spiro atoms. The van der Waals surface area contributed by atoms with Crippen molar-refractivity contribution in [1.82, 2.24) is 4.90 Å². The smallest absolute Gasteiger partial charge is 0.0964 e. The lowest BCUT2D eigenvalue weighted by Gasteiger charge is -2.47. The van der Waals surface area contributed by atoms with E-state index in [0.29, 0.717) is 0 Å². The summed E-state index contributed by atoms with van der Waals surface area (Å²) in [5.74, 6) is 0. The SMILES string of the molecule is CC(C)(N)CN1CCC2(CC1)OCCC[C@@H]2O. The van der Waals surface area contributed by atoms with E-state index in [1.54, 1.807) is 0 Å². The zero-order chi connectivity index (χ0) is 12.5. The Kier molecular flexibility index (Phi) is 3.78. The molecule has 4 heteroatoms. The van der Waals surface area contributed by atoms with Crippen molar-refractivity contribution in [2.75, 3.05) is 26.2 Å². The van der Waals surface area contributed by atoms with Gasteiger partial charge in [0.25, 0.3) is 0 Å². The van der Waals surface area contributed by atoms with E-state index in [2.05, 4.69) is 18.7 Å². The van der Waals surface area contributed by atoms with Gasteiger partial charge in [-0.1, -0.05) is 0 Å². The van der Waals surface area contributed by atoms with Gasteiger partial charge in [-0.2, -0.15) is 0 Å². The maximum Gasteiger partial charge on any atom is 0.0964 e. The zero-order valence-corrected chi connectivity index (χ0v) is 11.1. The molecule has 0 unspecified atom stereocenters. The van der Waals surface area contributed by atoms with Crippen molar-refractivity contribution in [2.24, 2.45) is 5.73 Å². The van der Waals surface area contributed by atoms with E-state index in [1.165, 1.54) is 0 Å². The number of rotatable bonds is 2. The first-order valence-electron chi connectivity index (χ1n) is 6.75. The van der Waals surface area contributed by atoms with Gasteiger partial charge in [-0.25, -0.2) is 0 Å². The van der Waals surface area contributed by atoms with E-state index in [0.717, 1.165) is 51.9 Å². The molecular formula is C13H26N2O2. The highest BCUT2D eigenvalue weighted by molar-refractivity contribution is 4.96. The zero-order valence-electron chi connectivity index (χ0n) is 11.1. The first-order chi connectivity index (χ1) is 7.91. The minimum atomic E-state index is -0.274. The van der Waals surface area contributed by atoms with E-state index < -0.39 is 0 Å². The normalized spacial score (nSPS) is 30.7. The van der Waals surface area contributed by atoms with Gasteiger partial charge in [0.05, 0.1) is 11.7 Å². The first-order valence-corrected chi connectivity index (χ1v) is 6.75. The minimum Gasteiger partial charge on any atom is -0.390 e. The van der Waals surface area contributed by atoms with Crippen LogP contribution in [0.4, 0.5) is 0 Å². The molecule has 0 aromatic carbocycles. The van der Waals surface area contributed by atoms with Gasteiger partial charge in [-0.15, -0.1) is 0 Å². The lowest BCUT2D eigenvalue weighted by Crippen LogP contribution is -2.57. The largest absolute Gasteiger partial charge is 0.390 e. The molecule has 0 aliphatic carbocycles. The standard InChI is InChI=1S/C13H26N2O2/c1-12(2,14)10-15-7-5-13(6-8-15)11(16)4-3-9-17-13/h11,16H,3-10,14H2,1-2H3/t11-/m0/s1. The second-order valence-corrected chi connectivity index (χ2v) is 6.34. The molecule has 2 heterocycles. The third-order valence-electron chi connectivity index (χ3n) is 3.95. The number of piperidine rings is 1. The van der Waals surface area contributed by atoms with Crippen molar-refractivity contribution in [3.05, 3.63) is 0 Å². The van der Waals surface area contributed by atoms with Crippen molar-refractivity contribution < 1.29 is 9.84 Å². The van der Waals surface area contributed by atoms with Crippen LogP contribution in [0.2, 0.25) is 0 Å². The number of nitrogens with two attached hydrogens (primary N) is 1. The molecule has 0 radical (unpaired) electrons. The average molecular weight is 242 g/mol. The number of nitrogens with zero attached hydrogens (tertiary/aromatic N) is 1. The molecule has 0 bridgehead atoms. The molecule has 2 aliphatic rings. The third kappa shape index (κ3) is 3.19. The quantitative estimate of drug-likeness (QED) is 0.749. The van der Waals surface area contributed by atoms with Crippen LogP contribution in [0, 0.1) is 0 Å². The van der Waals surface area contributed by atoms with Gasteiger partial charge < -0.3 is 20.5 Å². The van der Waals surface area contributed by atoms with Crippen LogP contribution in [0.3, 0.4) is 0 Å². The molecule has 0 saturated carbocycles. The average Bonchev–Trinajstić information content (AvgIpc) is 2.24. The van der Waals surface area contributed by atoms with Crippen LogP contribution in [0.15, 0.2) is 0 Å². The maximum absolute atomic E-state index is 10.1. The summed E-state index contributed by atoms with van der Waals surface area (Å²) in [4.78, 5) is 2.38. The number of hydrogen-bond donors (Lipinski definition) is 2. The van der Waals surface area contributed by atoms with Crippen molar-refractivity contribution in [1.29, 1.82) is 0 Å². The summed E-state index contributed by atoms with van der Waals surface area (Å²) in [6.07, 6.45) is 3.48. The lowest BCUT2D eigenvalue weighted by molar-refractivity contribution is -0.177. The number of ether oxygens (including phenoxy) is 1. The Morgan fingerprint density at radius 2 is 2.06 bits per heavy atom. The maximum atomic E-state index is 10.1. The number of hydrogen-bond acceptors (Lipinski definition) is 4. The molecule has 0 aromatic heterocycles. The molecule has 17 heavy (non-hydrogen) atoms. The molecule has 3 N–H and O–H groups in total. The highest BCUT2D eigenvalue weighted by Gasteiger charge is 2.43. The minimum absolute atomic E-state index is 0.142. The fraction of sp³-hybridized carbons (Fsp3) is 1.00. The molecular weight excluding hydrogens is 216 g/mol. The molecule has 2 saturated heterocycles. The molecule has 100 valence electrons. The molecule has 0 amide bonds. The van der Waals surface area contributed by atoms with Gasteiger partial charge in [-0.3, -0.25) is 0 Å². The van der Waals surface area contributed by atoms with Crippen molar-refractivity contribution in [2.45, 2.75) is 56.8 Å². The van der Waals surface area contributed by atoms with Crippen LogP contribution in [-0.4, -0.2) is 53.5 Å². The van der Waals surface area contributed by atoms with Crippen LogP contribution in [0.1, 0.15) is 39.5 Å². The van der Waals surface area contributed by atoms with Crippen LogP contribution < -0.4 is 5.73 Å². The Morgan fingerprint density at radius 1 is 1.41 bits per heavy atom. The van der Waals surface area contributed by atoms with Gasteiger partial charge in [0.1, 0.15) is 0 Å². The number of aliphatic hydroxyl groups excluding tert-OH is 1. The molecule has 1 atom stereocenters. The van der Waals surface area contributed by atoms with Gasteiger partial charge in [0, 0.05) is 31.8 Å². The summed E-state index contributed by atoms with van der Waals surface area (Å²) < 4.78 is 5.89. The lowest BCUT2D eigenvalue weighted by atomic mass is 9.81. The number of aliphatic hydroxyl groups is 1. The van der Waals surface area contributed by atoms with Gasteiger partial charge in [-0.05, 0) is 39.5 Å².